The Morgan fingerprint density at radius 1 is 0.957 bits per heavy atom. The summed E-state index contributed by atoms with van der Waals surface area (Å²) in [7, 11) is 1.40. The maximum absolute atomic E-state index is 13.7. The Morgan fingerprint density at radius 3 is 2.21 bits per heavy atom. The number of carboxylic acid groups (broad SMARTS) is 1. The lowest BCUT2D eigenvalue weighted by atomic mass is 9.82. The molecule has 3 atom stereocenters. The highest BCUT2D eigenvalue weighted by Crippen LogP contribution is 2.44. The van der Waals surface area contributed by atoms with Gasteiger partial charge in [0.1, 0.15) is 18.7 Å². The molecular weight excluding hydrogens is 624 g/mol. The minimum absolute atomic E-state index is 0.0735. The molecule has 11 nitrogen and oxygen atoms in total. The predicted molar refractivity (Wildman–Crippen MR) is 176 cm³/mol. The number of rotatable bonds is 11. The van der Waals surface area contributed by atoms with Gasteiger partial charge < -0.3 is 35.4 Å². The fourth-order valence-corrected chi connectivity index (χ4v) is 6.58. The summed E-state index contributed by atoms with van der Waals surface area (Å²) in [5, 5.41) is 18.5. The molecule has 4 amide bonds. The van der Waals surface area contributed by atoms with Crippen molar-refractivity contribution >= 4 is 35.6 Å². The summed E-state index contributed by atoms with van der Waals surface area (Å²) in [4.78, 5) is 52.8. The summed E-state index contributed by atoms with van der Waals surface area (Å²) in [5.74, 6) is -1.28. The average molecular weight is 663 g/mol. The highest BCUT2D eigenvalue weighted by atomic mass is 35.5. The lowest BCUT2D eigenvalue weighted by Crippen LogP contribution is -2.64. The van der Waals surface area contributed by atoms with E-state index in [0.717, 1.165) is 27.8 Å². The second kappa shape index (κ2) is 14.9. The largest absolute Gasteiger partial charge is 0.465 e. The summed E-state index contributed by atoms with van der Waals surface area (Å²) in [6.45, 7) is 1.86. The molecule has 1 aliphatic heterocycles. The van der Waals surface area contributed by atoms with Crippen molar-refractivity contribution in [2.75, 3.05) is 33.4 Å². The van der Waals surface area contributed by atoms with E-state index in [4.69, 9.17) is 21.1 Å². The Kier molecular flexibility index (Phi) is 10.7. The quantitative estimate of drug-likeness (QED) is 0.235. The Labute approximate surface area is 278 Å². The van der Waals surface area contributed by atoms with Crippen LogP contribution < -0.4 is 16.0 Å². The van der Waals surface area contributed by atoms with Crippen LogP contribution in [0.1, 0.15) is 42.4 Å². The normalized spacial score (nSPS) is 18.3. The van der Waals surface area contributed by atoms with Crippen LogP contribution in [0.4, 0.5) is 9.59 Å². The Morgan fingerprint density at radius 2 is 1.60 bits per heavy atom. The molecule has 3 aromatic carbocycles. The second-order valence-electron chi connectivity index (χ2n) is 12.1. The van der Waals surface area contributed by atoms with E-state index in [1.165, 1.54) is 18.9 Å². The first-order chi connectivity index (χ1) is 22.6. The molecule has 5 rings (SSSR count). The SMILES string of the molecule is COCC(NC(=O)C(C)NC(=O)OCC1c2ccccc2-c2ccccc21)C(=O)N[C@@]1(Cc2ccc(Cl)cc2)CCCN(C(=O)O)C1. The molecule has 0 aromatic heterocycles. The minimum Gasteiger partial charge on any atom is -0.465 e. The number of nitrogens with one attached hydrogen (secondary N) is 3. The van der Waals surface area contributed by atoms with Crippen LogP contribution in [-0.4, -0.2) is 85.0 Å². The first-order valence-electron chi connectivity index (χ1n) is 15.5. The molecule has 1 heterocycles. The summed E-state index contributed by atoms with van der Waals surface area (Å²) >= 11 is 6.06. The fourth-order valence-electron chi connectivity index (χ4n) is 6.46. The molecule has 47 heavy (non-hydrogen) atoms. The van der Waals surface area contributed by atoms with E-state index in [0.29, 0.717) is 30.8 Å². The van der Waals surface area contributed by atoms with E-state index in [-0.39, 0.29) is 25.7 Å². The van der Waals surface area contributed by atoms with Crippen molar-refractivity contribution in [1.29, 1.82) is 0 Å². The van der Waals surface area contributed by atoms with Gasteiger partial charge in [-0.3, -0.25) is 9.59 Å². The van der Waals surface area contributed by atoms with Crippen LogP contribution in [0.5, 0.6) is 0 Å². The van der Waals surface area contributed by atoms with Crippen LogP contribution in [0.3, 0.4) is 0 Å². The zero-order chi connectivity index (χ0) is 33.6. The fraction of sp³-hybridized carbons (Fsp3) is 0.371. The number of hydrogen-bond donors (Lipinski definition) is 4. The molecule has 2 aliphatic rings. The van der Waals surface area contributed by atoms with Crippen molar-refractivity contribution < 1.29 is 33.8 Å². The van der Waals surface area contributed by atoms with Crippen LogP contribution in [-0.2, 0) is 25.5 Å². The lowest BCUT2D eigenvalue weighted by molar-refractivity contribution is -0.132. The molecule has 0 bridgehead atoms. The number of likely N-dealkylation sites (tertiary alicyclic amines) is 1. The van der Waals surface area contributed by atoms with Gasteiger partial charge in [0.25, 0.3) is 0 Å². The number of alkyl carbamates (subject to hydrolysis) is 1. The molecule has 4 N–H and O–H groups in total. The third-order valence-corrected chi connectivity index (χ3v) is 8.98. The third-order valence-electron chi connectivity index (χ3n) is 8.73. The van der Waals surface area contributed by atoms with E-state index in [1.54, 1.807) is 12.1 Å². The van der Waals surface area contributed by atoms with Gasteiger partial charge in [-0.05, 0) is 66.1 Å². The molecule has 0 spiro atoms. The van der Waals surface area contributed by atoms with E-state index in [2.05, 4.69) is 16.0 Å². The molecule has 1 fully saturated rings. The van der Waals surface area contributed by atoms with Gasteiger partial charge in [0, 0.05) is 31.1 Å². The average Bonchev–Trinajstić information content (AvgIpc) is 3.38. The number of piperidine rings is 1. The van der Waals surface area contributed by atoms with Gasteiger partial charge in [-0.2, -0.15) is 0 Å². The van der Waals surface area contributed by atoms with Crippen molar-refractivity contribution in [3.63, 3.8) is 0 Å². The van der Waals surface area contributed by atoms with Gasteiger partial charge in [-0.15, -0.1) is 0 Å². The summed E-state index contributed by atoms with van der Waals surface area (Å²) in [6, 6.07) is 21.0. The van der Waals surface area contributed by atoms with Crippen molar-refractivity contribution in [2.45, 2.75) is 49.7 Å². The number of amides is 4. The van der Waals surface area contributed by atoms with Crippen molar-refractivity contribution in [3.8, 4) is 11.1 Å². The number of ether oxygens (including phenoxy) is 2. The Hall–Kier alpha value is -4.61. The van der Waals surface area contributed by atoms with Gasteiger partial charge in [0.05, 0.1) is 12.1 Å². The number of fused-ring (bicyclic) bond motifs is 3. The van der Waals surface area contributed by atoms with Crippen molar-refractivity contribution in [2.24, 2.45) is 0 Å². The number of carbonyl (C=O) groups is 4. The molecule has 3 aromatic rings. The van der Waals surface area contributed by atoms with E-state index in [1.807, 2.05) is 60.7 Å². The highest BCUT2D eigenvalue weighted by molar-refractivity contribution is 6.30. The van der Waals surface area contributed by atoms with Gasteiger partial charge >= 0.3 is 12.2 Å². The third kappa shape index (κ3) is 8.04. The van der Waals surface area contributed by atoms with Crippen LogP contribution in [0.25, 0.3) is 11.1 Å². The monoisotopic (exact) mass is 662 g/mol. The first-order valence-corrected chi connectivity index (χ1v) is 15.9. The number of hydrogen-bond acceptors (Lipinski definition) is 6. The maximum atomic E-state index is 13.7. The smallest absolute Gasteiger partial charge is 0.407 e. The van der Waals surface area contributed by atoms with Crippen LogP contribution in [0.2, 0.25) is 5.02 Å². The van der Waals surface area contributed by atoms with Crippen molar-refractivity contribution in [3.05, 3.63) is 94.5 Å². The second-order valence-corrected chi connectivity index (χ2v) is 12.5. The molecule has 248 valence electrons. The summed E-state index contributed by atoms with van der Waals surface area (Å²) in [6.07, 6.45) is -0.414. The topological polar surface area (TPSA) is 146 Å². The van der Waals surface area contributed by atoms with Gasteiger partial charge in [0.2, 0.25) is 11.8 Å². The van der Waals surface area contributed by atoms with Crippen LogP contribution in [0, 0.1) is 0 Å². The maximum Gasteiger partial charge on any atom is 0.407 e. The zero-order valence-electron chi connectivity index (χ0n) is 26.3. The van der Waals surface area contributed by atoms with Gasteiger partial charge in [-0.25, -0.2) is 9.59 Å². The van der Waals surface area contributed by atoms with E-state index < -0.39 is 41.6 Å². The Bertz CT molecular complexity index is 1570. The molecule has 1 saturated heterocycles. The minimum atomic E-state index is -1.11. The predicted octanol–water partition coefficient (Wildman–Crippen LogP) is 4.57. The van der Waals surface area contributed by atoms with Crippen molar-refractivity contribution in [1.82, 2.24) is 20.9 Å². The summed E-state index contributed by atoms with van der Waals surface area (Å²) in [5.41, 5.74) is 4.29. The molecule has 0 saturated carbocycles. The highest BCUT2D eigenvalue weighted by Gasteiger charge is 2.40. The molecule has 12 heteroatoms. The first kappa shape index (κ1) is 33.7. The zero-order valence-corrected chi connectivity index (χ0v) is 27.1. The molecule has 2 unspecified atom stereocenters. The Balaban J connectivity index is 1.20. The number of halogens is 1. The number of benzene rings is 3. The van der Waals surface area contributed by atoms with Gasteiger partial charge in [0.15, 0.2) is 0 Å². The summed E-state index contributed by atoms with van der Waals surface area (Å²) < 4.78 is 10.8. The number of methoxy groups -OCH3 is 1. The van der Waals surface area contributed by atoms with Crippen LogP contribution in [0.15, 0.2) is 72.8 Å². The molecule has 1 aliphatic carbocycles. The standard InChI is InChI=1S/C35H39ClN4O7/c1-22(37-33(43)47-19-29-27-10-5-3-8-25(27)26-9-4-6-11-28(26)29)31(41)38-30(20-46-2)32(42)39-35(16-7-17-40(21-35)34(44)45)18-23-12-14-24(36)15-13-23/h3-6,8-15,22,29-30H,7,16-21H2,1-2H3,(H,37,43)(H,38,41)(H,39,42)(H,44,45)/t22?,30?,35-/m1/s1. The lowest BCUT2D eigenvalue weighted by Gasteiger charge is -2.43. The van der Waals surface area contributed by atoms with E-state index in [9.17, 15) is 24.3 Å². The van der Waals surface area contributed by atoms with E-state index >= 15 is 0 Å². The molecule has 0 radical (unpaired) electrons. The number of nitrogens with zero attached hydrogens (tertiary/aromatic N) is 1. The van der Waals surface area contributed by atoms with Crippen LogP contribution >= 0.6 is 11.6 Å². The number of carbonyl (C=O) groups excluding carboxylic acids is 3. The molecular formula is C35H39ClN4O7. The van der Waals surface area contributed by atoms with Gasteiger partial charge in [-0.1, -0.05) is 72.3 Å².